The molecule has 0 spiro atoms. The Morgan fingerprint density at radius 3 is 2.61 bits per heavy atom. The van der Waals surface area contributed by atoms with Crippen LogP contribution in [0.25, 0.3) is 0 Å². The van der Waals surface area contributed by atoms with E-state index in [0.29, 0.717) is 5.69 Å². The fourth-order valence-electron chi connectivity index (χ4n) is 1.65. The van der Waals surface area contributed by atoms with E-state index in [9.17, 15) is 13.2 Å². The summed E-state index contributed by atoms with van der Waals surface area (Å²) < 4.78 is 40.8. The number of hydrogen-bond donors (Lipinski definition) is 1. The largest absolute Gasteiger partial charge is 0.324 e. The number of benzene rings is 1. The molecule has 0 saturated carbocycles. The smallest absolute Gasteiger partial charge is 0.194 e. The molecule has 7 heteroatoms. The zero-order chi connectivity index (χ0) is 13.3. The summed E-state index contributed by atoms with van der Waals surface area (Å²) in [6.45, 7) is 0. The van der Waals surface area contributed by atoms with Crippen molar-refractivity contribution < 1.29 is 13.2 Å². The molecule has 0 aliphatic carbocycles. The van der Waals surface area contributed by atoms with Gasteiger partial charge in [-0.05, 0) is 6.07 Å². The van der Waals surface area contributed by atoms with Gasteiger partial charge in [-0.1, -0.05) is 11.3 Å². The van der Waals surface area contributed by atoms with Gasteiger partial charge in [-0.25, -0.2) is 13.2 Å². The first-order valence-electron chi connectivity index (χ1n) is 5.23. The number of nitrogens with two attached hydrogens (primary N) is 1. The predicted molar refractivity (Wildman–Crippen MR) is 58.0 cm³/mol. The molecular formula is C11H11F3N4. The molecule has 1 aromatic heterocycles. The molecule has 1 aromatic carbocycles. The Morgan fingerprint density at radius 1 is 1.28 bits per heavy atom. The first kappa shape index (κ1) is 12.6. The summed E-state index contributed by atoms with van der Waals surface area (Å²) in [5.74, 6) is -4.00. The quantitative estimate of drug-likeness (QED) is 0.846. The first-order chi connectivity index (χ1) is 8.49. The van der Waals surface area contributed by atoms with Crippen molar-refractivity contribution in [2.45, 2.75) is 12.5 Å². The summed E-state index contributed by atoms with van der Waals surface area (Å²) in [6.07, 6.45) is 1.81. The molecule has 18 heavy (non-hydrogen) atoms. The SMILES string of the molecule is Cn1cc(CC(N)c2ccc(F)c(F)c2F)nn1. The van der Waals surface area contributed by atoms with Crippen LogP contribution < -0.4 is 5.73 Å². The van der Waals surface area contributed by atoms with Crippen LogP contribution in [0, 0.1) is 17.5 Å². The average Bonchev–Trinajstić information content (AvgIpc) is 2.71. The Labute approximate surface area is 101 Å². The monoisotopic (exact) mass is 256 g/mol. The summed E-state index contributed by atoms with van der Waals surface area (Å²) in [5.41, 5.74) is 6.22. The van der Waals surface area contributed by atoms with Gasteiger partial charge in [-0.2, -0.15) is 0 Å². The molecule has 0 amide bonds. The van der Waals surface area contributed by atoms with Crippen molar-refractivity contribution in [2.24, 2.45) is 12.8 Å². The summed E-state index contributed by atoms with van der Waals surface area (Å²) in [7, 11) is 1.68. The van der Waals surface area contributed by atoms with Crippen molar-refractivity contribution in [3.63, 3.8) is 0 Å². The van der Waals surface area contributed by atoms with Crippen LogP contribution >= 0.6 is 0 Å². The Kier molecular flexibility index (Phi) is 3.33. The fraction of sp³-hybridized carbons (Fsp3) is 0.273. The van der Waals surface area contributed by atoms with E-state index in [2.05, 4.69) is 10.3 Å². The Bertz CT molecular complexity index is 567. The minimum Gasteiger partial charge on any atom is -0.324 e. The van der Waals surface area contributed by atoms with Gasteiger partial charge in [0.25, 0.3) is 0 Å². The highest BCUT2D eigenvalue weighted by Crippen LogP contribution is 2.22. The lowest BCUT2D eigenvalue weighted by molar-refractivity contribution is 0.435. The van der Waals surface area contributed by atoms with E-state index in [1.165, 1.54) is 4.68 Å². The van der Waals surface area contributed by atoms with Crippen molar-refractivity contribution in [1.29, 1.82) is 0 Å². The van der Waals surface area contributed by atoms with Crippen molar-refractivity contribution in [3.8, 4) is 0 Å². The van der Waals surface area contributed by atoms with Gasteiger partial charge >= 0.3 is 0 Å². The zero-order valence-corrected chi connectivity index (χ0v) is 9.57. The first-order valence-corrected chi connectivity index (χ1v) is 5.23. The summed E-state index contributed by atoms with van der Waals surface area (Å²) in [5, 5.41) is 7.49. The molecule has 2 aromatic rings. The van der Waals surface area contributed by atoms with Gasteiger partial charge in [-0.15, -0.1) is 5.10 Å². The molecule has 96 valence electrons. The number of nitrogens with zero attached hydrogens (tertiary/aromatic N) is 3. The van der Waals surface area contributed by atoms with Gasteiger partial charge in [0.2, 0.25) is 0 Å². The minimum atomic E-state index is -1.51. The second kappa shape index (κ2) is 4.77. The minimum absolute atomic E-state index is 0.0837. The molecule has 1 atom stereocenters. The van der Waals surface area contributed by atoms with Gasteiger partial charge in [0.05, 0.1) is 5.69 Å². The number of hydrogen-bond acceptors (Lipinski definition) is 3. The molecule has 0 aliphatic heterocycles. The summed E-state index contributed by atoms with van der Waals surface area (Å²) in [6, 6.07) is 1.18. The molecule has 0 aliphatic rings. The third-order valence-electron chi connectivity index (χ3n) is 2.54. The standard InChI is InChI=1S/C11H11F3N4/c1-18-5-6(16-17-18)4-9(15)7-2-3-8(12)11(14)10(7)13/h2-3,5,9H,4,15H2,1H3. The number of aromatic nitrogens is 3. The highest BCUT2D eigenvalue weighted by molar-refractivity contribution is 5.24. The van der Waals surface area contributed by atoms with Gasteiger partial charge in [0.15, 0.2) is 17.5 Å². The zero-order valence-electron chi connectivity index (χ0n) is 9.57. The van der Waals surface area contributed by atoms with E-state index in [0.717, 1.165) is 12.1 Å². The van der Waals surface area contributed by atoms with E-state index in [4.69, 9.17) is 5.73 Å². The fourth-order valence-corrected chi connectivity index (χ4v) is 1.65. The maximum Gasteiger partial charge on any atom is 0.194 e. The van der Waals surface area contributed by atoms with E-state index >= 15 is 0 Å². The maximum absolute atomic E-state index is 13.5. The van der Waals surface area contributed by atoms with Crippen molar-refractivity contribution in [2.75, 3.05) is 0 Å². The van der Waals surface area contributed by atoms with Crippen molar-refractivity contribution in [1.82, 2.24) is 15.0 Å². The van der Waals surface area contributed by atoms with Crippen molar-refractivity contribution >= 4 is 0 Å². The lowest BCUT2D eigenvalue weighted by Crippen LogP contribution is -2.16. The Hall–Kier alpha value is -1.89. The van der Waals surface area contributed by atoms with Crippen LogP contribution in [0.2, 0.25) is 0 Å². The van der Waals surface area contributed by atoms with E-state index in [1.54, 1.807) is 13.2 Å². The third kappa shape index (κ3) is 2.35. The average molecular weight is 256 g/mol. The van der Waals surface area contributed by atoms with Crippen LogP contribution in [0.15, 0.2) is 18.3 Å². The third-order valence-corrected chi connectivity index (χ3v) is 2.54. The van der Waals surface area contributed by atoms with E-state index in [-0.39, 0.29) is 12.0 Å². The highest BCUT2D eigenvalue weighted by Gasteiger charge is 2.19. The molecular weight excluding hydrogens is 245 g/mol. The molecule has 2 rings (SSSR count). The lowest BCUT2D eigenvalue weighted by atomic mass is 10.0. The van der Waals surface area contributed by atoms with Gasteiger partial charge in [0.1, 0.15) is 0 Å². The van der Waals surface area contributed by atoms with Crippen LogP contribution in [-0.4, -0.2) is 15.0 Å². The lowest BCUT2D eigenvalue weighted by Gasteiger charge is -2.11. The van der Waals surface area contributed by atoms with Gasteiger partial charge in [0, 0.05) is 31.3 Å². The summed E-state index contributed by atoms with van der Waals surface area (Å²) in [4.78, 5) is 0. The Morgan fingerprint density at radius 2 is 2.00 bits per heavy atom. The molecule has 2 N–H and O–H groups in total. The molecule has 0 bridgehead atoms. The highest BCUT2D eigenvalue weighted by atomic mass is 19.2. The molecule has 0 fully saturated rings. The van der Waals surface area contributed by atoms with Crippen molar-refractivity contribution in [3.05, 3.63) is 47.0 Å². The van der Waals surface area contributed by atoms with E-state index in [1.807, 2.05) is 0 Å². The predicted octanol–water partition coefficient (Wildman–Crippen LogP) is 1.47. The second-order valence-electron chi connectivity index (χ2n) is 3.96. The second-order valence-corrected chi connectivity index (χ2v) is 3.96. The normalized spacial score (nSPS) is 12.7. The molecule has 0 saturated heterocycles. The maximum atomic E-state index is 13.5. The van der Waals surface area contributed by atoms with Crippen LogP contribution in [0.4, 0.5) is 13.2 Å². The number of rotatable bonds is 3. The summed E-state index contributed by atoms with van der Waals surface area (Å²) >= 11 is 0. The van der Waals surface area contributed by atoms with E-state index < -0.39 is 23.5 Å². The number of aryl methyl sites for hydroxylation is 1. The van der Waals surface area contributed by atoms with Gasteiger partial charge < -0.3 is 5.73 Å². The van der Waals surface area contributed by atoms with Gasteiger partial charge in [-0.3, -0.25) is 4.68 Å². The van der Waals surface area contributed by atoms with Crippen LogP contribution in [0.5, 0.6) is 0 Å². The number of halogens is 3. The molecule has 1 unspecified atom stereocenters. The Balaban J connectivity index is 2.24. The molecule has 1 heterocycles. The van der Waals surface area contributed by atoms with Crippen LogP contribution in [0.3, 0.4) is 0 Å². The van der Waals surface area contributed by atoms with Crippen LogP contribution in [-0.2, 0) is 13.5 Å². The molecule has 0 radical (unpaired) electrons. The van der Waals surface area contributed by atoms with Crippen LogP contribution in [0.1, 0.15) is 17.3 Å². The molecule has 4 nitrogen and oxygen atoms in total. The topological polar surface area (TPSA) is 56.7 Å².